The molecule has 0 saturated heterocycles. The van der Waals surface area contributed by atoms with E-state index in [9.17, 15) is 4.79 Å². The van der Waals surface area contributed by atoms with Crippen LogP contribution in [0.2, 0.25) is 0 Å². The Labute approximate surface area is 96.8 Å². The van der Waals surface area contributed by atoms with Crippen molar-refractivity contribution < 1.29 is 4.79 Å². The molecule has 1 saturated carbocycles. The van der Waals surface area contributed by atoms with E-state index in [0.29, 0.717) is 6.04 Å². The maximum Gasteiger partial charge on any atom is 0.253 e. The Morgan fingerprint density at radius 2 is 2.00 bits per heavy atom. The van der Waals surface area contributed by atoms with Crippen molar-refractivity contribution in [3.05, 3.63) is 23.0 Å². The lowest BCUT2D eigenvalue weighted by atomic mass is 10.2. The van der Waals surface area contributed by atoms with Gasteiger partial charge in [-0.05, 0) is 32.8 Å². The zero-order valence-electron chi connectivity index (χ0n) is 10.3. The van der Waals surface area contributed by atoms with Crippen LogP contribution < -0.4 is 5.32 Å². The number of nitrogens with one attached hydrogen (secondary N) is 1. The van der Waals surface area contributed by atoms with E-state index in [0.717, 1.165) is 29.8 Å². The molecule has 16 heavy (non-hydrogen) atoms. The SMILES string of the molecule is Cc1cc(C(=O)NC2CCCC2)c(C)n1C. The van der Waals surface area contributed by atoms with Gasteiger partial charge >= 0.3 is 0 Å². The third-order valence-corrected chi connectivity index (χ3v) is 3.71. The van der Waals surface area contributed by atoms with Crippen molar-refractivity contribution in [3.63, 3.8) is 0 Å². The van der Waals surface area contributed by atoms with Crippen LogP contribution in [-0.2, 0) is 7.05 Å². The third kappa shape index (κ3) is 1.99. The van der Waals surface area contributed by atoms with Gasteiger partial charge in [0.25, 0.3) is 5.91 Å². The highest BCUT2D eigenvalue weighted by Crippen LogP contribution is 2.19. The molecule has 1 amide bonds. The van der Waals surface area contributed by atoms with Crippen LogP contribution in [0.25, 0.3) is 0 Å². The molecule has 1 aromatic heterocycles. The van der Waals surface area contributed by atoms with Gasteiger partial charge in [0, 0.05) is 24.5 Å². The van der Waals surface area contributed by atoms with Crippen molar-refractivity contribution in [1.82, 2.24) is 9.88 Å². The Morgan fingerprint density at radius 3 is 2.50 bits per heavy atom. The summed E-state index contributed by atoms with van der Waals surface area (Å²) in [6.45, 7) is 4.02. The van der Waals surface area contributed by atoms with Crippen LogP contribution in [0.5, 0.6) is 0 Å². The van der Waals surface area contributed by atoms with Crippen molar-refractivity contribution in [2.75, 3.05) is 0 Å². The zero-order chi connectivity index (χ0) is 11.7. The number of aromatic nitrogens is 1. The molecule has 0 aliphatic heterocycles. The molecule has 88 valence electrons. The number of aryl methyl sites for hydroxylation is 1. The first-order valence-electron chi connectivity index (χ1n) is 6.03. The van der Waals surface area contributed by atoms with E-state index in [-0.39, 0.29) is 5.91 Å². The van der Waals surface area contributed by atoms with Gasteiger partial charge in [0.15, 0.2) is 0 Å². The Bertz CT molecular complexity index is 400. The second kappa shape index (κ2) is 4.32. The van der Waals surface area contributed by atoms with E-state index in [1.165, 1.54) is 12.8 Å². The molecule has 0 spiro atoms. The molecular weight excluding hydrogens is 200 g/mol. The molecular formula is C13H20N2O. The van der Waals surface area contributed by atoms with E-state index in [2.05, 4.69) is 9.88 Å². The lowest BCUT2D eigenvalue weighted by molar-refractivity contribution is 0.0937. The summed E-state index contributed by atoms with van der Waals surface area (Å²) in [7, 11) is 2.00. The van der Waals surface area contributed by atoms with Gasteiger partial charge in [-0.1, -0.05) is 12.8 Å². The van der Waals surface area contributed by atoms with E-state index in [4.69, 9.17) is 0 Å². The molecule has 1 aliphatic rings. The number of rotatable bonds is 2. The summed E-state index contributed by atoms with van der Waals surface area (Å²) in [5.41, 5.74) is 3.01. The van der Waals surface area contributed by atoms with Crippen molar-refractivity contribution in [3.8, 4) is 0 Å². The molecule has 3 heteroatoms. The first-order valence-corrected chi connectivity index (χ1v) is 6.03. The minimum absolute atomic E-state index is 0.0908. The quantitative estimate of drug-likeness (QED) is 0.815. The molecule has 2 rings (SSSR count). The predicted octanol–water partition coefficient (Wildman–Crippen LogP) is 2.31. The Morgan fingerprint density at radius 1 is 1.38 bits per heavy atom. The summed E-state index contributed by atoms with van der Waals surface area (Å²) in [5, 5.41) is 3.12. The van der Waals surface area contributed by atoms with Crippen molar-refractivity contribution in [2.45, 2.75) is 45.6 Å². The van der Waals surface area contributed by atoms with Crippen molar-refractivity contribution in [1.29, 1.82) is 0 Å². The predicted molar refractivity (Wildman–Crippen MR) is 64.6 cm³/mol. The van der Waals surface area contributed by atoms with Crippen LogP contribution in [0.4, 0.5) is 0 Å². The lowest BCUT2D eigenvalue weighted by Gasteiger charge is -2.11. The average molecular weight is 220 g/mol. The fraction of sp³-hybridized carbons (Fsp3) is 0.615. The number of nitrogens with zero attached hydrogens (tertiary/aromatic N) is 1. The second-order valence-corrected chi connectivity index (χ2v) is 4.80. The molecule has 1 heterocycles. The van der Waals surface area contributed by atoms with E-state index >= 15 is 0 Å². The van der Waals surface area contributed by atoms with Gasteiger partial charge in [-0.3, -0.25) is 4.79 Å². The van der Waals surface area contributed by atoms with Gasteiger partial charge in [0.05, 0.1) is 5.56 Å². The van der Waals surface area contributed by atoms with E-state index < -0.39 is 0 Å². The van der Waals surface area contributed by atoms with Crippen LogP contribution >= 0.6 is 0 Å². The molecule has 0 unspecified atom stereocenters. The normalized spacial score (nSPS) is 16.7. The molecule has 0 bridgehead atoms. The highest BCUT2D eigenvalue weighted by molar-refractivity contribution is 5.95. The minimum Gasteiger partial charge on any atom is -0.351 e. The number of amides is 1. The zero-order valence-corrected chi connectivity index (χ0v) is 10.3. The highest BCUT2D eigenvalue weighted by Gasteiger charge is 2.20. The third-order valence-electron chi connectivity index (χ3n) is 3.71. The first kappa shape index (κ1) is 11.2. The maximum atomic E-state index is 12.1. The summed E-state index contributed by atoms with van der Waals surface area (Å²) in [4.78, 5) is 12.1. The van der Waals surface area contributed by atoms with Crippen molar-refractivity contribution in [2.24, 2.45) is 7.05 Å². The summed E-state index contributed by atoms with van der Waals surface area (Å²) < 4.78 is 2.06. The Hall–Kier alpha value is -1.25. The Kier molecular flexibility index (Phi) is 3.03. The largest absolute Gasteiger partial charge is 0.351 e. The van der Waals surface area contributed by atoms with E-state index in [1.54, 1.807) is 0 Å². The van der Waals surface area contributed by atoms with Crippen LogP contribution in [0.15, 0.2) is 6.07 Å². The van der Waals surface area contributed by atoms with Crippen LogP contribution in [0.3, 0.4) is 0 Å². The van der Waals surface area contributed by atoms with E-state index in [1.807, 2.05) is 27.0 Å². The Balaban J connectivity index is 2.11. The second-order valence-electron chi connectivity index (χ2n) is 4.80. The fourth-order valence-corrected chi connectivity index (χ4v) is 2.42. The molecule has 1 N–H and O–H groups in total. The highest BCUT2D eigenvalue weighted by atomic mass is 16.1. The van der Waals surface area contributed by atoms with Gasteiger partial charge in [0.1, 0.15) is 0 Å². The number of carbonyl (C=O) groups is 1. The topological polar surface area (TPSA) is 34.0 Å². The van der Waals surface area contributed by atoms with Crippen molar-refractivity contribution >= 4 is 5.91 Å². The summed E-state index contributed by atoms with van der Waals surface area (Å²) in [5.74, 6) is 0.0908. The van der Waals surface area contributed by atoms with Gasteiger partial charge in [-0.25, -0.2) is 0 Å². The van der Waals surface area contributed by atoms with Gasteiger partial charge in [-0.2, -0.15) is 0 Å². The van der Waals surface area contributed by atoms with Gasteiger partial charge < -0.3 is 9.88 Å². The molecule has 0 atom stereocenters. The smallest absolute Gasteiger partial charge is 0.253 e. The molecule has 1 fully saturated rings. The van der Waals surface area contributed by atoms with Gasteiger partial charge in [-0.15, -0.1) is 0 Å². The number of hydrogen-bond acceptors (Lipinski definition) is 1. The molecule has 1 aliphatic carbocycles. The summed E-state index contributed by atoms with van der Waals surface area (Å²) in [6.07, 6.45) is 4.77. The molecule has 0 aromatic carbocycles. The summed E-state index contributed by atoms with van der Waals surface area (Å²) >= 11 is 0. The fourth-order valence-electron chi connectivity index (χ4n) is 2.42. The first-order chi connectivity index (χ1) is 7.59. The number of carbonyl (C=O) groups excluding carboxylic acids is 1. The lowest BCUT2D eigenvalue weighted by Crippen LogP contribution is -2.32. The monoisotopic (exact) mass is 220 g/mol. The standard InChI is InChI=1S/C13H20N2O/c1-9-8-12(10(2)15(9)3)13(16)14-11-6-4-5-7-11/h8,11H,4-7H2,1-3H3,(H,14,16). The van der Waals surface area contributed by atoms with Gasteiger partial charge in [0.2, 0.25) is 0 Å². The number of hydrogen-bond donors (Lipinski definition) is 1. The molecule has 1 aromatic rings. The molecule has 0 radical (unpaired) electrons. The maximum absolute atomic E-state index is 12.1. The van der Waals surface area contributed by atoms with Crippen LogP contribution in [-0.4, -0.2) is 16.5 Å². The average Bonchev–Trinajstić information content (AvgIpc) is 2.83. The minimum atomic E-state index is 0.0908. The summed E-state index contributed by atoms with van der Waals surface area (Å²) in [6, 6.07) is 2.37. The molecule has 3 nitrogen and oxygen atoms in total. The van der Waals surface area contributed by atoms with Crippen LogP contribution in [0.1, 0.15) is 47.4 Å². The van der Waals surface area contributed by atoms with Crippen LogP contribution in [0, 0.1) is 13.8 Å².